The topological polar surface area (TPSA) is 86.8 Å². The molecule has 1 aliphatic rings. The summed E-state index contributed by atoms with van der Waals surface area (Å²) < 4.78 is 0. The summed E-state index contributed by atoms with van der Waals surface area (Å²) in [5, 5.41) is 3.22. The van der Waals surface area contributed by atoms with Gasteiger partial charge in [-0.1, -0.05) is 6.07 Å². The predicted molar refractivity (Wildman–Crippen MR) is 119 cm³/mol. The molecule has 7 heteroatoms. The molecule has 0 bridgehead atoms. The van der Waals surface area contributed by atoms with Crippen LogP contribution in [0.4, 0.5) is 5.95 Å². The first-order valence-electron chi connectivity index (χ1n) is 10.8. The molecule has 0 atom stereocenters. The van der Waals surface area contributed by atoms with Crippen LogP contribution < -0.4 is 5.32 Å². The molecule has 0 unspecified atom stereocenters. The number of aryl methyl sites for hydroxylation is 3. The average Bonchev–Trinajstić information content (AvgIpc) is 3.13. The number of likely N-dealkylation sites (tertiary alicyclic amines) is 1. The molecule has 4 rings (SSSR count). The van der Waals surface area contributed by atoms with Crippen LogP contribution >= 0.6 is 0 Å². The Kier molecular flexibility index (Phi) is 5.97. The lowest BCUT2D eigenvalue weighted by Crippen LogP contribution is -2.38. The number of nitrogens with one attached hydrogen (secondary N) is 2. The summed E-state index contributed by atoms with van der Waals surface area (Å²) in [5.74, 6) is 2.32. The van der Waals surface area contributed by atoms with E-state index in [9.17, 15) is 4.79 Å². The minimum Gasteiger partial charge on any atom is -0.354 e. The van der Waals surface area contributed by atoms with E-state index in [1.54, 1.807) is 0 Å². The van der Waals surface area contributed by atoms with Crippen molar-refractivity contribution >= 4 is 22.9 Å². The zero-order valence-electron chi connectivity index (χ0n) is 18.0. The van der Waals surface area contributed by atoms with Crippen molar-refractivity contribution in [2.24, 2.45) is 0 Å². The molecule has 30 heavy (non-hydrogen) atoms. The van der Waals surface area contributed by atoms with E-state index in [0.717, 1.165) is 60.6 Å². The second-order valence-electron chi connectivity index (χ2n) is 8.30. The molecule has 1 saturated heterocycles. The van der Waals surface area contributed by atoms with Gasteiger partial charge in [-0.3, -0.25) is 4.79 Å². The van der Waals surface area contributed by atoms with E-state index >= 15 is 0 Å². The van der Waals surface area contributed by atoms with Gasteiger partial charge in [0.15, 0.2) is 0 Å². The molecule has 1 aliphatic heterocycles. The van der Waals surface area contributed by atoms with E-state index in [4.69, 9.17) is 4.98 Å². The van der Waals surface area contributed by atoms with E-state index in [2.05, 4.69) is 45.4 Å². The number of nitrogens with zero attached hydrogens (tertiary/aromatic N) is 4. The van der Waals surface area contributed by atoms with Gasteiger partial charge < -0.3 is 15.2 Å². The fourth-order valence-corrected chi connectivity index (χ4v) is 4.14. The molecule has 2 N–H and O–H groups in total. The summed E-state index contributed by atoms with van der Waals surface area (Å²) in [6, 6.07) is 8.25. The lowest BCUT2D eigenvalue weighted by atomic mass is 9.96. The van der Waals surface area contributed by atoms with E-state index in [-0.39, 0.29) is 5.91 Å². The number of rotatable bonds is 6. The molecule has 0 saturated carbocycles. The van der Waals surface area contributed by atoms with Crippen molar-refractivity contribution in [2.75, 3.05) is 25.0 Å². The molecule has 0 spiro atoms. The number of hydrogen-bond acceptors (Lipinski definition) is 5. The fourth-order valence-electron chi connectivity index (χ4n) is 4.14. The monoisotopic (exact) mass is 406 g/mol. The minimum absolute atomic E-state index is 0.233. The molecule has 1 fully saturated rings. The largest absolute Gasteiger partial charge is 0.354 e. The summed E-state index contributed by atoms with van der Waals surface area (Å²) in [5.41, 5.74) is 5.25. The highest BCUT2D eigenvalue weighted by atomic mass is 16.2. The molecule has 1 amide bonds. The second-order valence-corrected chi connectivity index (χ2v) is 8.30. The fraction of sp³-hybridized carbons (Fsp3) is 0.478. The highest BCUT2D eigenvalue weighted by molar-refractivity contribution is 5.77. The second kappa shape index (κ2) is 8.81. The smallest absolute Gasteiger partial charge is 0.223 e. The van der Waals surface area contributed by atoms with E-state index in [1.165, 1.54) is 5.56 Å². The number of benzene rings is 1. The maximum absolute atomic E-state index is 12.6. The van der Waals surface area contributed by atoms with Crippen molar-refractivity contribution in [3.8, 4) is 0 Å². The molecular formula is C23H30N6O. The van der Waals surface area contributed by atoms with E-state index < -0.39 is 0 Å². The predicted octanol–water partition coefficient (Wildman–Crippen LogP) is 3.88. The van der Waals surface area contributed by atoms with Gasteiger partial charge in [0, 0.05) is 43.4 Å². The quantitative estimate of drug-likeness (QED) is 0.607. The van der Waals surface area contributed by atoms with Crippen LogP contribution in [0.25, 0.3) is 11.0 Å². The Morgan fingerprint density at radius 2 is 1.83 bits per heavy atom. The van der Waals surface area contributed by atoms with Crippen LogP contribution in [0.2, 0.25) is 0 Å². The third kappa shape index (κ3) is 4.78. The zero-order valence-corrected chi connectivity index (χ0v) is 18.0. The van der Waals surface area contributed by atoms with Crippen molar-refractivity contribution in [3.05, 3.63) is 47.0 Å². The highest BCUT2D eigenvalue weighted by Crippen LogP contribution is 2.28. The van der Waals surface area contributed by atoms with Crippen LogP contribution in [0.3, 0.4) is 0 Å². The Balaban J connectivity index is 1.23. The van der Waals surface area contributed by atoms with Gasteiger partial charge in [0.1, 0.15) is 5.82 Å². The Labute approximate surface area is 177 Å². The number of piperidine rings is 1. The van der Waals surface area contributed by atoms with E-state index in [0.29, 0.717) is 24.8 Å². The molecule has 0 radical (unpaired) electrons. The molecule has 3 aromatic rings. The Morgan fingerprint density at radius 3 is 2.57 bits per heavy atom. The summed E-state index contributed by atoms with van der Waals surface area (Å²) in [6.45, 7) is 8.30. The number of carbonyl (C=O) groups is 1. The zero-order chi connectivity index (χ0) is 21.1. The van der Waals surface area contributed by atoms with Gasteiger partial charge in [-0.05, 0) is 63.8 Å². The number of anilines is 1. The third-order valence-corrected chi connectivity index (χ3v) is 5.72. The summed E-state index contributed by atoms with van der Waals surface area (Å²) in [6.07, 6.45) is 3.24. The number of hydrogen-bond donors (Lipinski definition) is 2. The van der Waals surface area contributed by atoms with Crippen LogP contribution in [-0.4, -0.2) is 50.4 Å². The van der Waals surface area contributed by atoms with Crippen molar-refractivity contribution in [1.29, 1.82) is 0 Å². The van der Waals surface area contributed by atoms with Gasteiger partial charge in [0.25, 0.3) is 0 Å². The lowest BCUT2D eigenvalue weighted by molar-refractivity contribution is -0.132. The van der Waals surface area contributed by atoms with Gasteiger partial charge >= 0.3 is 0 Å². The summed E-state index contributed by atoms with van der Waals surface area (Å²) >= 11 is 0. The average molecular weight is 407 g/mol. The number of imidazole rings is 1. The van der Waals surface area contributed by atoms with Crippen LogP contribution in [0.15, 0.2) is 24.3 Å². The van der Waals surface area contributed by atoms with Crippen molar-refractivity contribution < 1.29 is 4.79 Å². The Bertz CT molecular complexity index is 1020. The van der Waals surface area contributed by atoms with Gasteiger partial charge in [-0.2, -0.15) is 0 Å². The third-order valence-electron chi connectivity index (χ3n) is 5.72. The minimum atomic E-state index is 0.233. The number of H-pyrrole nitrogens is 1. The number of amides is 1. The van der Waals surface area contributed by atoms with Crippen molar-refractivity contribution in [1.82, 2.24) is 24.8 Å². The van der Waals surface area contributed by atoms with Gasteiger partial charge in [0.05, 0.1) is 11.0 Å². The summed E-state index contributed by atoms with van der Waals surface area (Å²) in [7, 11) is 0. The number of aromatic amines is 1. The van der Waals surface area contributed by atoms with Crippen LogP contribution in [0, 0.1) is 20.8 Å². The maximum Gasteiger partial charge on any atom is 0.223 e. The number of carbonyl (C=O) groups excluding carboxylic acids is 1. The molecule has 3 heterocycles. The number of aromatic nitrogens is 4. The van der Waals surface area contributed by atoms with Crippen molar-refractivity contribution in [2.45, 2.75) is 52.4 Å². The highest BCUT2D eigenvalue weighted by Gasteiger charge is 2.25. The van der Waals surface area contributed by atoms with Gasteiger partial charge in [-0.25, -0.2) is 15.0 Å². The van der Waals surface area contributed by atoms with Gasteiger partial charge in [0.2, 0.25) is 11.9 Å². The molecule has 7 nitrogen and oxygen atoms in total. The first-order valence-corrected chi connectivity index (χ1v) is 10.8. The molecule has 0 aliphatic carbocycles. The number of fused-ring (bicyclic) bond motifs is 1. The van der Waals surface area contributed by atoms with Gasteiger partial charge in [-0.15, -0.1) is 0 Å². The van der Waals surface area contributed by atoms with Crippen LogP contribution in [0.5, 0.6) is 0 Å². The molecular weight excluding hydrogens is 376 g/mol. The standard InChI is InChI=1S/C23H30N6O/c1-15-6-7-19-20(13-15)28-22(27-19)18-8-11-29(12-9-18)21(30)5-4-10-24-23-25-16(2)14-17(3)26-23/h6-7,13-14,18H,4-5,8-12H2,1-3H3,(H,27,28)(H,24,25,26). The van der Waals surface area contributed by atoms with Crippen LogP contribution in [-0.2, 0) is 4.79 Å². The summed E-state index contributed by atoms with van der Waals surface area (Å²) in [4.78, 5) is 31.6. The SMILES string of the molecule is Cc1ccc2nc(C3CCN(C(=O)CCCNc4nc(C)cc(C)n4)CC3)[nH]c2c1. The lowest BCUT2D eigenvalue weighted by Gasteiger charge is -2.31. The molecule has 2 aromatic heterocycles. The Hall–Kier alpha value is -2.96. The Morgan fingerprint density at radius 1 is 1.10 bits per heavy atom. The van der Waals surface area contributed by atoms with Crippen molar-refractivity contribution in [3.63, 3.8) is 0 Å². The van der Waals surface area contributed by atoms with E-state index in [1.807, 2.05) is 24.8 Å². The first kappa shape index (κ1) is 20.3. The molecule has 1 aromatic carbocycles. The molecule has 158 valence electrons. The van der Waals surface area contributed by atoms with Crippen LogP contribution in [0.1, 0.15) is 54.4 Å². The maximum atomic E-state index is 12.6. The normalized spacial score (nSPS) is 15.0. The first-order chi connectivity index (χ1) is 14.5.